The van der Waals surface area contributed by atoms with Crippen molar-refractivity contribution in [2.45, 2.75) is 6.54 Å². The summed E-state index contributed by atoms with van der Waals surface area (Å²) in [5.74, 6) is -1.58. The molecule has 0 aliphatic carbocycles. The van der Waals surface area contributed by atoms with Crippen LogP contribution in [0.1, 0.15) is 5.56 Å². The molecule has 0 aliphatic rings. The number of anilines is 2. The zero-order chi connectivity index (χ0) is 32.8. The van der Waals surface area contributed by atoms with E-state index in [9.17, 15) is 14.0 Å². The standard InChI is InChI=1S/C32H23F2N13/c33-20-15-23-26(46-47(32(23)38-17-20)18-19-9-7-8-14-24(19)34)30-40-29(37)27(45-43-22-12-5-2-6-13-22)31(41-30)39-28(36)25(16-35)44-42-21-10-3-1-4-11-21/h1-15,17H,18,36H2,(H3,37,39,40,41)/b28-25-,44-42+,45-43+. The van der Waals surface area contributed by atoms with Crippen LogP contribution in [0.2, 0.25) is 0 Å². The fourth-order valence-electron chi connectivity index (χ4n) is 4.39. The van der Waals surface area contributed by atoms with E-state index in [-0.39, 0.29) is 57.9 Å². The molecule has 3 heterocycles. The van der Waals surface area contributed by atoms with Crippen molar-refractivity contribution in [1.82, 2.24) is 24.7 Å². The highest BCUT2D eigenvalue weighted by Crippen LogP contribution is 2.35. The number of allylic oxidation sites excluding steroid dienone is 1. The summed E-state index contributed by atoms with van der Waals surface area (Å²) >= 11 is 0. The Balaban J connectivity index is 1.47. The molecule has 6 rings (SSSR count). The second kappa shape index (κ2) is 13.4. The van der Waals surface area contributed by atoms with Gasteiger partial charge in [-0.3, -0.25) is 0 Å². The molecule has 3 aromatic carbocycles. The first-order valence-corrected chi connectivity index (χ1v) is 13.9. The lowest BCUT2D eigenvalue weighted by Gasteiger charge is -2.11. The summed E-state index contributed by atoms with van der Waals surface area (Å²) in [5, 5.41) is 33.9. The number of fused-ring (bicyclic) bond motifs is 1. The predicted molar refractivity (Wildman–Crippen MR) is 170 cm³/mol. The molecule has 0 atom stereocenters. The number of halogens is 2. The van der Waals surface area contributed by atoms with Crippen LogP contribution >= 0.6 is 0 Å². The first-order chi connectivity index (χ1) is 22.9. The van der Waals surface area contributed by atoms with E-state index in [2.05, 4.69) is 45.8 Å². The number of azo groups is 2. The molecular formula is C32H23F2N13. The number of hydrogen-bond donors (Lipinski definition) is 3. The lowest BCUT2D eigenvalue weighted by Crippen LogP contribution is -2.14. The van der Waals surface area contributed by atoms with Gasteiger partial charge in [0.25, 0.3) is 0 Å². The maximum Gasteiger partial charge on any atom is 0.203 e. The molecular weight excluding hydrogens is 604 g/mol. The van der Waals surface area contributed by atoms with Gasteiger partial charge in [-0.25, -0.2) is 28.4 Å². The summed E-state index contributed by atoms with van der Waals surface area (Å²) in [6.45, 7) is -0.0145. The lowest BCUT2D eigenvalue weighted by molar-refractivity contribution is 0.588. The topological polar surface area (TPSA) is 194 Å². The number of nitrogens with two attached hydrogens (primary N) is 2. The lowest BCUT2D eigenvalue weighted by atomic mass is 10.2. The number of nitrogen functional groups attached to an aromatic ring is 1. The van der Waals surface area contributed by atoms with Gasteiger partial charge in [-0.15, -0.1) is 15.3 Å². The number of nitrogens with one attached hydrogen (secondary N) is 1. The molecule has 47 heavy (non-hydrogen) atoms. The molecule has 15 heteroatoms. The highest BCUT2D eigenvalue weighted by atomic mass is 19.1. The molecule has 0 amide bonds. The average Bonchev–Trinajstić information content (AvgIpc) is 3.43. The van der Waals surface area contributed by atoms with Crippen LogP contribution in [0.4, 0.5) is 37.5 Å². The Bertz CT molecular complexity index is 2210. The molecule has 0 saturated carbocycles. The van der Waals surface area contributed by atoms with Crippen LogP contribution in [-0.4, -0.2) is 24.7 Å². The number of benzene rings is 3. The minimum absolute atomic E-state index is 0.0145. The van der Waals surface area contributed by atoms with Crippen molar-refractivity contribution in [3.63, 3.8) is 0 Å². The van der Waals surface area contributed by atoms with Crippen molar-refractivity contribution in [3.8, 4) is 17.6 Å². The highest BCUT2D eigenvalue weighted by Gasteiger charge is 2.22. The van der Waals surface area contributed by atoms with Crippen LogP contribution < -0.4 is 16.8 Å². The van der Waals surface area contributed by atoms with E-state index in [4.69, 9.17) is 11.5 Å². The second-order valence-corrected chi connectivity index (χ2v) is 9.82. The van der Waals surface area contributed by atoms with Crippen LogP contribution in [0.25, 0.3) is 22.6 Å². The Morgan fingerprint density at radius 2 is 1.57 bits per heavy atom. The van der Waals surface area contributed by atoms with Crippen molar-refractivity contribution in [2.24, 2.45) is 26.2 Å². The van der Waals surface area contributed by atoms with Crippen molar-refractivity contribution in [3.05, 3.63) is 126 Å². The van der Waals surface area contributed by atoms with Crippen LogP contribution in [0.15, 0.2) is 129 Å². The Kier molecular flexibility index (Phi) is 8.55. The quantitative estimate of drug-likeness (QED) is 0.112. The third kappa shape index (κ3) is 6.76. The van der Waals surface area contributed by atoms with Crippen LogP contribution in [0.5, 0.6) is 0 Å². The summed E-state index contributed by atoms with van der Waals surface area (Å²) in [6.07, 6.45) is 1.03. The third-order valence-corrected chi connectivity index (χ3v) is 6.61. The largest absolute Gasteiger partial charge is 0.383 e. The summed E-state index contributed by atoms with van der Waals surface area (Å²) in [5.41, 5.74) is 14.1. The van der Waals surface area contributed by atoms with Crippen molar-refractivity contribution < 1.29 is 8.78 Å². The number of pyridine rings is 1. The zero-order valence-electron chi connectivity index (χ0n) is 24.3. The van der Waals surface area contributed by atoms with Gasteiger partial charge in [0.2, 0.25) is 5.70 Å². The SMILES string of the molecule is N#CC(/N=N/c1ccccc1)=C(\N)Nc1nc(-c2nn(Cc3ccccc3F)c3ncc(F)cc23)nc(N)c1/N=N/c1ccccc1. The maximum absolute atomic E-state index is 14.5. The van der Waals surface area contributed by atoms with Gasteiger partial charge in [-0.05, 0) is 36.4 Å². The zero-order valence-corrected chi connectivity index (χ0v) is 24.3. The first-order valence-electron chi connectivity index (χ1n) is 13.9. The van der Waals surface area contributed by atoms with Gasteiger partial charge in [0.1, 0.15) is 29.2 Å². The Hall–Kier alpha value is -6.95. The molecule has 5 N–H and O–H groups in total. The van der Waals surface area contributed by atoms with E-state index in [1.807, 2.05) is 18.2 Å². The van der Waals surface area contributed by atoms with Crippen LogP contribution in [0.3, 0.4) is 0 Å². The van der Waals surface area contributed by atoms with Gasteiger partial charge in [0, 0.05) is 5.56 Å². The Morgan fingerprint density at radius 1 is 0.894 bits per heavy atom. The molecule has 0 aliphatic heterocycles. The number of rotatable bonds is 9. The van der Waals surface area contributed by atoms with Crippen LogP contribution in [0, 0.1) is 23.0 Å². The summed E-state index contributed by atoms with van der Waals surface area (Å²) in [6, 6.07) is 26.9. The summed E-state index contributed by atoms with van der Waals surface area (Å²) in [7, 11) is 0. The van der Waals surface area contributed by atoms with Crippen molar-refractivity contribution >= 4 is 39.7 Å². The van der Waals surface area contributed by atoms with Gasteiger partial charge in [-0.2, -0.15) is 15.5 Å². The number of hydrogen-bond acceptors (Lipinski definition) is 12. The van der Waals surface area contributed by atoms with Gasteiger partial charge >= 0.3 is 0 Å². The Labute approximate surface area is 265 Å². The molecule has 0 bridgehead atoms. The second-order valence-electron chi connectivity index (χ2n) is 9.82. The van der Waals surface area contributed by atoms with Gasteiger partial charge < -0.3 is 16.8 Å². The third-order valence-electron chi connectivity index (χ3n) is 6.61. The highest BCUT2D eigenvalue weighted by molar-refractivity contribution is 5.90. The molecule has 3 aromatic heterocycles. The monoisotopic (exact) mass is 627 g/mol. The minimum Gasteiger partial charge on any atom is -0.383 e. The normalized spacial score (nSPS) is 12.0. The molecule has 13 nitrogen and oxygen atoms in total. The number of nitrogens with zero attached hydrogens (tertiary/aromatic N) is 10. The number of nitriles is 1. The van der Waals surface area contributed by atoms with Crippen LogP contribution in [-0.2, 0) is 6.54 Å². The van der Waals surface area contributed by atoms with E-state index >= 15 is 0 Å². The molecule has 6 aromatic rings. The smallest absolute Gasteiger partial charge is 0.203 e. The maximum atomic E-state index is 14.5. The van der Waals surface area contributed by atoms with E-state index < -0.39 is 11.6 Å². The van der Waals surface area contributed by atoms with E-state index in [1.54, 1.807) is 66.7 Å². The molecule has 0 fully saturated rings. The molecule has 0 radical (unpaired) electrons. The fraction of sp³-hybridized carbons (Fsp3) is 0.0312. The Morgan fingerprint density at radius 3 is 2.28 bits per heavy atom. The average molecular weight is 628 g/mol. The van der Waals surface area contributed by atoms with E-state index in [0.29, 0.717) is 16.9 Å². The van der Waals surface area contributed by atoms with Crippen molar-refractivity contribution in [2.75, 3.05) is 11.1 Å². The van der Waals surface area contributed by atoms with E-state index in [0.717, 1.165) is 6.20 Å². The van der Waals surface area contributed by atoms with Crippen molar-refractivity contribution in [1.29, 1.82) is 5.26 Å². The number of aromatic nitrogens is 5. The first kappa shape index (κ1) is 30.1. The van der Waals surface area contributed by atoms with Gasteiger partial charge in [0.15, 0.2) is 28.8 Å². The molecule has 0 spiro atoms. The molecule has 0 unspecified atom stereocenters. The molecule has 0 saturated heterocycles. The molecule has 230 valence electrons. The summed E-state index contributed by atoms with van der Waals surface area (Å²) < 4.78 is 30.4. The predicted octanol–water partition coefficient (Wildman–Crippen LogP) is 7.06. The minimum atomic E-state index is -0.640. The van der Waals surface area contributed by atoms with Gasteiger partial charge in [0.05, 0.1) is 29.5 Å². The van der Waals surface area contributed by atoms with Gasteiger partial charge in [-0.1, -0.05) is 54.6 Å². The fourth-order valence-corrected chi connectivity index (χ4v) is 4.39. The van der Waals surface area contributed by atoms with E-state index in [1.165, 1.54) is 16.8 Å². The summed E-state index contributed by atoms with van der Waals surface area (Å²) in [4.78, 5) is 13.1.